The highest BCUT2D eigenvalue weighted by Crippen LogP contribution is 2.29. The van der Waals surface area contributed by atoms with Gasteiger partial charge in [-0.15, -0.1) is 0 Å². The van der Waals surface area contributed by atoms with E-state index in [1.165, 1.54) is 43.3 Å². The Morgan fingerprint density at radius 2 is 1.73 bits per heavy atom. The first-order chi connectivity index (χ1) is 13.8. The molecule has 2 aromatic carbocycles. The van der Waals surface area contributed by atoms with E-state index in [9.17, 15) is 31.2 Å². The smallest absolute Gasteiger partial charge is 0.416 e. The zero-order valence-corrected chi connectivity index (χ0v) is 16.8. The van der Waals surface area contributed by atoms with E-state index < -0.39 is 39.6 Å². The number of hydrogen-bond donors (Lipinski definition) is 1. The Bertz CT molecular complexity index is 1060. The van der Waals surface area contributed by atoms with Crippen molar-refractivity contribution in [1.29, 1.82) is 0 Å². The lowest BCUT2D eigenvalue weighted by atomic mass is 10.1. The number of ether oxygens (including phenoxy) is 1. The molecule has 0 amide bonds. The van der Waals surface area contributed by atoms with Crippen LogP contribution in [0.4, 0.5) is 18.9 Å². The molecule has 6 nitrogen and oxygen atoms in total. The molecular formula is C20H18F3NO5S. The van der Waals surface area contributed by atoms with Crippen LogP contribution in [0, 0.1) is 0 Å². The number of alkyl halides is 3. The lowest BCUT2D eigenvalue weighted by Crippen LogP contribution is -2.23. The van der Waals surface area contributed by atoms with Crippen LogP contribution in [0.1, 0.15) is 28.4 Å². The predicted octanol–water partition coefficient (Wildman–Crippen LogP) is 3.90. The van der Waals surface area contributed by atoms with Gasteiger partial charge in [-0.3, -0.25) is 9.52 Å². The molecule has 0 saturated heterocycles. The summed E-state index contributed by atoms with van der Waals surface area (Å²) in [5, 5.41) is 0. The van der Waals surface area contributed by atoms with E-state index >= 15 is 0 Å². The molecular weight excluding hydrogens is 423 g/mol. The first-order valence-electron chi connectivity index (χ1n) is 8.53. The van der Waals surface area contributed by atoms with Gasteiger partial charge in [0, 0.05) is 17.3 Å². The molecule has 0 bridgehead atoms. The van der Waals surface area contributed by atoms with E-state index in [1.807, 2.05) is 0 Å². The van der Waals surface area contributed by atoms with Crippen LogP contribution in [-0.4, -0.2) is 32.5 Å². The topological polar surface area (TPSA) is 89.5 Å². The number of esters is 1. The fourth-order valence-electron chi connectivity index (χ4n) is 2.40. The van der Waals surface area contributed by atoms with Gasteiger partial charge in [-0.05, 0) is 55.0 Å². The van der Waals surface area contributed by atoms with Gasteiger partial charge in [0.15, 0.2) is 6.10 Å². The fourth-order valence-corrected chi connectivity index (χ4v) is 2.97. The average molecular weight is 441 g/mol. The molecule has 0 aliphatic carbocycles. The van der Waals surface area contributed by atoms with Crippen molar-refractivity contribution in [3.05, 3.63) is 71.3 Å². The van der Waals surface area contributed by atoms with Crippen molar-refractivity contribution in [2.45, 2.75) is 19.2 Å². The molecule has 0 heterocycles. The average Bonchev–Trinajstić information content (AvgIpc) is 2.64. The van der Waals surface area contributed by atoms with Gasteiger partial charge in [-0.25, -0.2) is 13.2 Å². The summed E-state index contributed by atoms with van der Waals surface area (Å²) in [5.41, 5.74) is -0.246. The number of anilines is 1. The maximum Gasteiger partial charge on any atom is 0.416 e. The number of carbonyl (C=O) groups excluding carboxylic acids is 2. The van der Waals surface area contributed by atoms with Gasteiger partial charge in [-0.2, -0.15) is 13.2 Å². The van der Waals surface area contributed by atoms with Crippen molar-refractivity contribution >= 4 is 33.5 Å². The van der Waals surface area contributed by atoms with E-state index in [1.54, 1.807) is 0 Å². The largest absolute Gasteiger partial charge is 0.451 e. The minimum absolute atomic E-state index is 0.148. The van der Waals surface area contributed by atoms with Gasteiger partial charge in [0.05, 0.1) is 11.8 Å². The molecule has 10 heteroatoms. The summed E-state index contributed by atoms with van der Waals surface area (Å²) < 4.78 is 67.7. The zero-order valence-electron chi connectivity index (χ0n) is 15.9. The number of ketones is 1. The Kier molecular flexibility index (Phi) is 7.04. The molecule has 2 rings (SSSR count). The van der Waals surface area contributed by atoms with Crippen LogP contribution in [0.5, 0.6) is 0 Å². The van der Waals surface area contributed by atoms with Crippen LogP contribution < -0.4 is 4.72 Å². The normalized spacial score (nSPS) is 13.1. The number of nitrogens with one attached hydrogen (secondary N) is 1. The maximum absolute atomic E-state index is 12.7. The zero-order chi connectivity index (χ0) is 22.5. The van der Waals surface area contributed by atoms with Gasteiger partial charge in [0.2, 0.25) is 15.8 Å². The molecule has 30 heavy (non-hydrogen) atoms. The standard InChI is InChI=1S/C20H18F3NO5S/c1-13(19(26)15-7-9-17(10-8-15)24-30(2,27)28)29-18(25)11-6-14-4-3-5-16(12-14)20(21,22)23/h3-13,24H,1-2H3/b11-6+. The Hall–Kier alpha value is -3.14. The van der Waals surface area contributed by atoms with Crippen LogP contribution >= 0.6 is 0 Å². The van der Waals surface area contributed by atoms with Crippen LogP contribution in [0.3, 0.4) is 0 Å². The predicted molar refractivity (Wildman–Crippen MR) is 105 cm³/mol. The second kappa shape index (κ2) is 9.12. The van der Waals surface area contributed by atoms with Gasteiger partial charge in [0.25, 0.3) is 0 Å². The van der Waals surface area contributed by atoms with E-state index in [2.05, 4.69) is 4.72 Å². The highest BCUT2D eigenvalue weighted by atomic mass is 32.2. The van der Waals surface area contributed by atoms with Gasteiger partial charge in [-0.1, -0.05) is 12.1 Å². The quantitative estimate of drug-likeness (QED) is 0.400. The first-order valence-corrected chi connectivity index (χ1v) is 10.4. The summed E-state index contributed by atoms with van der Waals surface area (Å²) in [6.45, 7) is 1.35. The second-order valence-corrected chi connectivity index (χ2v) is 8.10. The number of hydrogen-bond acceptors (Lipinski definition) is 5. The van der Waals surface area contributed by atoms with Crippen molar-refractivity contribution in [1.82, 2.24) is 0 Å². The molecule has 0 fully saturated rings. The third-order valence-electron chi connectivity index (χ3n) is 3.76. The van der Waals surface area contributed by atoms with E-state index in [0.29, 0.717) is 0 Å². The Morgan fingerprint density at radius 3 is 2.30 bits per heavy atom. The van der Waals surface area contributed by atoms with E-state index in [-0.39, 0.29) is 16.8 Å². The minimum atomic E-state index is -4.50. The number of benzene rings is 2. The first kappa shape index (κ1) is 23.1. The van der Waals surface area contributed by atoms with E-state index in [0.717, 1.165) is 30.5 Å². The third kappa shape index (κ3) is 7.03. The van der Waals surface area contributed by atoms with Crippen LogP contribution in [0.25, 0.3) is 6.08 Å². The summed E-state index contributed by atoms with van der Waals surface area (Å²) in [5.74, 6) is -1.43. The lowest BCUT2D eigenvalue weighted by Gasteiger charge is -2.11. The molecule has 0 radical (unpaired) electrons. The Morgan fingerprint density at radius 1 is 1.10 bits per heavy atom. The van der Waals surface area contributed by atoms with Crippen molar-refractivity contribution in [3.63, 3.8) is 0 Å². The molecule has 1 N–H and O–H groups in total. The molecule has 1 unspecified atom stereocenters. The molecule has 0 saturated carbocycles. The molecule has 1 atom stereocenters. The molecule has 0 aliphatic heterocycles. The van der Waals surface area contributed by atoms with Gasteiger partial charge < -0.3 is 4.74 Å². The van der Waals surface area contributed by atoms with Crippen molar-refractivity contribution in [3.8, 4) is 0 Å². The minimum Gasteiger partial charge on any atom is -0.451 e. The highest BCUT2D eigenvalue weighted by molar-refractivity contribution is 7.92. The number of rotatable bonds is 7. The number of Topliss-reactive ketones (excluding diaryl/α,β-unsaturated/α-hetero) is 1. The third-order valence-corrected chi connectivity index (χ3v) is 4.37. The molecule has 2 aromatic rings. The second-order valence-electron chi connectivity index (χ2n) is 6.35. The monoisotopic (exact) mass is 441 g/mol. The SMILES string of the molecule is CC(OC(=O)/C=C/c1cccc(C(F)(F)F)c1)C(=O)c1ccc(NS(C)(=O)=O)cc1. The van der Waals surface area contributed by atoms with Crippen LogP contribution in [0.2, 0.25) is 0 Å². The number of sulfonamides is 1. The molecule has 0 aromatic heterocycles. The molecule has 0 spiro atoms. The summed E-state index contributed by atoms with van der Waals surface area (Å²) in [6, 6.07) is 9.91. The summed E-state index contributed by atoms with van der Waals surface area (Å²) in [7, 11) is -3.46. The van der Waals surface area contributed by atoms with Crippen molar-refractivity contribution < 1.29 is 35.9 Å². The fraction of sp³-hybridized carbons (Fsp3) is 0.200. The molecule has 160 valence electrons. The lowest BCUT2D eigenvalue weighted by molar-refractivity contribution is -0.140. The van der Waals surface area contributed by atoms with Crippen LogP contribution in [-0.2, 0) is 25.7 Å². The number of carbonyl (C=O) groups is 2. The van der Waals surface area contributed by atoms with E-state index in [4.69, 9.17) is 4.74 Å². The van der Waals surface area contributed by atoms with Gasteiger partial charge >= 0.3 is 12.1 Å². The van der Waals surface area contributed by atoms with Crippen molar-refractivity contribution in [2.24, 2.45) is 0 Å². The summed E-state index contributed by atoms with van der Waals surface area (Å²) in [4.78, 5) is 24.2. The van der Waals surface area contributed by atoms with Gasteiger partial charge in [0.1, 0.15) is 0 Å². The highest BCUT2D eigenvalue weighted by Gasteiger charge is 2.30. The Balaban J connectivity index is 2.00. The number of halogens is 3. The maximum atomic E-state index is 12.7. The molecule has 0 aliphatic rings. The summed E-state index contributed by atoms with van der Waals surface area (Å²) in [6.07, 6.45) is -2.59. The Labute approximate surface area is 171 Å². The van der Waals surface area contributed by atoms with Crippen molar-refractivity contribution in [2.75, 3.05) is 11.0 Å². The van der Waals surface area contributed by atoms with Crippen LogP contribution in [0.15, 0.2) is 54.6 Å². The summed E-state index contributed by atoms with van der Waals surface area (Å²) >= 11 is 0.